The lowest BCUT2D eigenvalue weighted by molar-refractivity contribution is -0.142. The predicted octanol–water partition coefficient (Wildman–Crippen LogP) is 1.26. The lowest BCUT2D eigenvalue weighted by Gasteiger charge is -2.31. The summed E-state index contributed by atoms with van der Waals surface area (Å²) in [5, 5.41) is 19.7. The van der Waals surface area contributed by atoms with Crippen LogP contribution in [0.1, 0.15) is 46.5 Å². The number of aliphatic hydroxyl groups excluding tert-OH is 2. The van der Waals surface area contributed by atoms with E-state index in [4.69, 9.17) is 4.74 Å². The van der Waals surface area contributed by atoms with Gasteiger partial charge in [0.2, 0.25) is 0 Å². The molecule has 1 rings (SSSR count). The van der Waals surface area contributed by atoms with Crippen molar-refractivity contribution in [3.05, 3.63) is 0 Å². The molecule has 0 spiro atoms. The van der Waals surface area contributed by atoms with E-state index in [0.717, 1.165) is 6.42 Å². The first-order valence-corrected chi connectivity index (χ1v) is 6.91. The second-order valence-corrected chi connectivity index (χ2v) is 5.96. The molecule has 5 nitrogen and oxygen atoms in total. The van der Waals surface area contributed by atoms with Crippen LogP contribution in [0.4, 0.5) is 0 Å². The highest BCUT2D eigenvalue weighted by molar-refractivity contribution is 5.77. The molecule has 0 aromatic heterocycles. The van der Waals surface area contributed by atoms with Gasteiger partial charge < -0.3 is 19.7 Å². The Morgan fingerprint density at radius 3 is 2.58 bits per heavy atom. The number of aliphatic hydroxyl groups is 2. The molecule has 0 saturated carbocycles. The van der Waals surface area contributed by atoms with Gasteiger partial charge in [-0.1, -0.05) is 20.8 Å². The number of hydrogen-bond acceptors (Lipinski definition) is 5. The van der Waals surface area contributed by atoms with Crippen LogP contribution < -0.4 is 0 Å². The third-order valence-electron chi connectivity index (χ3n) is 3.96. The molecule has 4 atom stereocenters. The van der Waals surface area contributed by atoms with Crippen molar-refractivity contribution >= 4 is 5.97 Å². The van der Waals surface area contributed by atoms with Crippen LogP contribution in [0.3, 0.4) is 0 Å². The fourth-order valence-electron chi connectivity index (χ4n) is 2.11. The molecular formula is C14H26O5. The zero-order chi connectivity index (χ0) is 14.6. The second kappa shape index (κ2) is 6.68. The molecule has 1 aliphatic heterocycles. The number of hydrogen-bond donors (Lipinski definition) is 2. The van der Waals surface area contributed by atoms with Crippen molar-refractivity contribution in [2.75, 3.05) is 7.11 Å². The van der Waals surface area contributed by atoms with Crippen molar-refractivity contribution in [3.63, 3.8) is 0 Å². The van der Waals surface area contributed by atoms with E-state index >= 15 is 0 Å². The van der Waals surface area contributed by atoms with E-state index in [1.54, 1.807) is 0 Å². The summed E-state index contributed by atoms with van der Waals surface area (Å²) >= 11 is 0. The summed E-state index contributed by atoms with van der Waals surface area (Å²) in [6.07, 6.45) is 0.939. The van der Waals surface area contributed by atoms with E-state index in [0.29, 0.717) is 19.3 Å². The van der Waals surface area contributed by atoms with Crippen LogP contribution in [0.15, 0.2) is 0 Å². The minimum Gasteiger partial charge on any atom is -0.467 e. The standard InChI is InChI=1S/C14H26O5/c1-5-9(15)8-11(16)14(2,3)7-6-10-12(19-10)13(17)18-4/h9-12,15-16H,5-8H2,1-4H3. The van der Waals surface area contributed by atoms with Crippen molar-refractivity contribution < 1.29 is 24.5 Å². The summed E-state index contributed by atoms with van der Waals surface area (Å²) in [4.78, 5) is 11.2. The first-order valence-electron chi connectivity index (χ1n) is 6.91. The van der Waals surface area contributed by atoms with Crippen molar-refractivity contribution in [1.29, 1.82) is 0 Å². The molecule has 0 aliphatic carbocycles. The number of methoxy groups -OCH3 is 1. The lowest BCUT2D eigenvalue weighted by atomic mass is 9.79. The minimum atomic E-state index is -0.558. The van der Waals surface area contributed by atoms with Gasteiger partial charge in [-0.05, 0) is 31.1 Å². The van der Waals surface area contributed by atoms with Gasteiger partial charge in [-0.15, -0.1) is 0 Å². The Morgan fingerprint density at radius 1 is 1.42 bits per heavy atom. The molecule has 0 aromatic carbocycles. The van der Waals surface area contributed by atoms with E-state index in [1.807, 2.05) is 20.8 Å². The highest BCUT2D eigenvalue weighted by Crippen LogP contribution is 2.35. The number of epoxide rings is 1. The second-order valence-electron chi connectivity index (χ2n) is 5.96. The molecule has 0 radical (unpaired) electrons. The van der Waals surface area contributed by atoms with Crippen molar-refractivity contribution in [3.8, 4) is 0 Å². The SMILES string of the molecule is CCC(O)CC(O)C(C)(C)CCC1OC1C(=O)OC. The maximum absolute atomic E-state index is 11.2. The van der Waals surface area contributed by atoms with E-state index in [9.17, 15) is 15.0 Å². The molecule has 1 aliphatic rings. The molecule has 1 heterocycles. The highest BCUT2D eigenvalue weighted by atomic mass is 16.6. The molecule has 0 bridgehead atoms. The molecule has 0 aromatic rings. The van der Waals surface area contributed by atoms with Crippen molar-refractivity contribution in [1.82, 2.24) is 0 Å². The Morgan fingerprint density at radius 2 is 2.05 bits per heavy atom. The van der Waals surface area contributed by atoms with Crippen LogP contribution in [0, 0.1) is 5.41 Å². The lowest BCUT2D eigenvalue weighted by Crippen LogP contribution is -2.33. The normalized spacial score (nSPS) is 25.8. The molecule has 4 unspecified atom stereocenters. The van der Waals surface area contributed by atoms with E-state index in [1.165, 1.54) is 7.11 Å². The fraction of sp³-hybridized carbons (Fsp3) is 0.929. The molecule has 2 N–H and O–H groups in total. The molecule has 1 fully saturated rings. The number of ether oxygens (including phenoxy) is 2. The van der Waals surface area contributed by atoms with Gasteiger partial charge in [0.1, 0.15) is 0 Å². The molecule has 19 heavy (non-hydrogen) atoms. The molecule has 0 amide bonds. The van der Waals surface area contributed by atoms with Gasteiger partial charge in [0.25, 0.3) is 0 Å². The largest absolute Gasteiger partial charge is 0.467 e. The zero-order valence-electron chi connectivity index (χ0n) is 12.3. The topological polar surface area (TPSA) is 79.3 Å². The first kappa shape index (κ1) is 16.4. The van der Waals surface area contributed by atoms with Gasteiger partial charge in [0.15, 0.2) is 6.10 Å². The summed E-state index contributed by atoms with van der Waals surface area (Å²) in [5.74, 6) is -0.329. The average Bonchev–Trinajstić information content (AvgIpc) is 3.14. The molecule has 5 heteroatoms. The Kier molecular flexibility index (Phi) is 5.77. The summed E-state index contributed by atoms with van der Waals surface area (Å²) in [6, 6.07) is 0. The van der Waals surface area contributed by atoms with Gasteiger partial charge in [0.05, 0.1) is 25.4 Å². The quantitative estimate of drug-likeness (QED) is 0.514. The Hall–Kier alpha value is -0.650. The maximum Gasteiger partial charge on any atom is 0.337 e. The third kappa shape index (κ3) is 4.75. The fourth-order valence-corrected chi connectivity index (χ4v) is 2.11. The number of esters is 1. The average molecular weight is 274 g/mol. The smallest absolute Gasteiger partial charge is 0.337 e. The van der Waals surface area contributed by atoms with E-state index in [2.05, 4.69) is 4.74 Å². The Labute approximate surface area is 114 Å². The van der Waals surface area contributed by atoms with Gasteiger partial charge in [-0.2, -0.15) is 0 Å². The van der Waals surface area contributed by atoms with Crippen molar-refractivity contribution in [2.24, 2.45) is 5.41 Å². The predicted molar refractivity (Wildman–Crippen MR) is 70.6 cm³/mol. The van der Waals surface area contributed by atoms with Gasteiger partial charge >= 0.3 is 5.97 Å². The van der Waals surface area contributed by atoms with Crippen LogP contribution in [0.5, 0.6) is 0 Å². The first-order chi connectivity index (χ1) is 8.81. The zero-order valence-corrected chi connectivity index (χ0v) is 12.3. The van der Waals surface area contributed by atoms with Crippen LogP contribution in [0.2, 0.25) is 0 Å². The van der Waals surface area contributed by atoms with Gasteiger partial charge in [-0.25, -0.2) is 4.79 Å². The monoisotopic (exact) mass is 274 g/mol. The van der Waals surface area contributed by atoms with Crippen LogP contribution >= 0.6 is 0 Å². The van der Waals surface area contributed by atoms with Crippen molar-refractivity contribution in [2.45, 2.75) is 70.9 Å². The van der Waals surface area contributed by atoms with E-state index < -0.39 is 18.3 Å². The summed E-state index contributed by atoms with van der Waals surface area (Å²) in [7, 11) is 1.35. The summed E-state index contributed by atoms with van der Waals surface area (Å²) in [6.45, 7) is 5.83. The van der Waals surface area contributed by atoms with E-state index in [-0.39, 0.29) is 17.5 Å². The minimum absolute atomic E-state index is 0.0879. The molecular weight excluding hydrogens is 248 g/mol. The number of carbonyl (C=O) groups is 1. The molecule has 1 saturated heterocycles. The van der Waals surface area contributed by atoms with Crippen LogP contribution in [-0.4, -0.2) is 47.7 Å². The van der Waals surface area contributed by atoms with Gasteiger partial charge in [0, 0.05) is 0 Å². The molecule has 112 valence electrons. The summed E-state index contributed by atoms with van der Waals surface area (Å²) in [5.41, 5.74) is -0.303. The van der Waals surface area contributed by atoms with Crippen LogP contribution in [0.25, 0.3) is 0 Å². The highest BCUT2D eigenvalue weighted by Gasteiger charge is 2.46. The summed E-state index contributed by atoms with van der Waals surface area (Å²) < 4.78 is 9.85. The number of carbonyl (C=O) groups excluding carboxylic acids is 1. The van der Waals surface area contributed by atoms with Gasteiger partial charge in [-0.3, -0.25) is 0 Å². The third-order valence-corrected chi connectivity index (χ3v) is 3.96. The Balaban J connectivity index is 2.33. The Bertz CT molecular complexity index is 302. The van der Waals surface area contributed by atoms with Crippen LogP contribution in [-0.2, 0) is 14.3 Å². The number of rotatable bonds is 8. The maximum atomic E-state index is 11.2.